The molecule has 0 amide bonds. The second-order valence-corrected chi connectivity index (χ2v) is 5.58. The van der Waals surface area contributed by atoms with E-state index in [0.29, 0.717) is 5.02 Å². The molecule has 0 saturated carbocycles. The Bertz CT molecular complexity index is 574. The fourth-order valence-corrected chi connectivity index (χ4v) is 2.50. The van der Waals surface area contributed by atoms with Crippen LogP contribution in [-0.4, -0.2) is 0 Å². The molecular formula is C15H14BrClFN. The summed E-state index contributed by atoms with van der Waals surface area (Å²) in [5.74, 6) is -0.258. The molecule has 0 fully saturated rings. The van der Waals surface area contributed by atoms with E-state index in [2.05, 4.69) is 28.2 Å². The molecule has 2 aromatic carbocycles. The Morgan fingerprint density at radius 1 is 1.26 bits per heavy atom. The number of hydrogen-bond acceptors (Lipinski definition) is 1. The first-order chi connectivity index (χ1) is 9.10. The molecule has 1 unspecified atom stereocenters. The van der Waals surface area contributed by atoms with E-state index in [4.69, 9.17) is 11.6 Å². The van der Waals surface area contributed by atoms with Gasteiger partial charge in [0.25, 0.3) is 0 Å². The van der Waals surface area contributed by atoms with E-state index in [0.717, 1.165) is 22.1 Å². The Morgan fingerprint density at radius 2 is 2.05 bits per heavy atom. The molecule has 0 aromatic heterocycles. The highest BCUT2D eigenvalue weighted by molar-refractivity contribution is 9.10. The topological polar surface area (TPSA) is 12.0 Å². The minimum Gasteiger partial charge on any atom is -0.377 e. The van der Waals surface area contributed by atoms with Crippen LogP contribution in [-0.2, 0) is 0 Å². The van der Waals surface area contributed by atoms with Gasteiger partial charge in [0, 0.05) is 9.50 Å². The van der Waals surface area contributed by atoms with Crippen LogP contribution in [0.25, 0.3) is 0 Å². The van der Waals surface area contributed by atoms with Gasteiger partial charge in [-0.3, -0.25) is 0 Å². The van der Waals surface area contributed by atoms with Gasteiger partial charge in [0.05, 0.1) is 11.7 Å². The summed E-state index contributed by atoms with van der Waals surface area (Å²) in [6.45, 7) is 2.08. The van der Waals surface area contributed by atoms with Crippen molar-refractivity contribution < 1.29 is 4.39 Å². The molecule has 100 valence electrons. The summed E-state index contributed by atoms with van der Waals surface area (Å²) in [7, 11) is 0. The first-order valence-corrected chi connectivity index (χ1v) is 7.24. The summed E-state index contributed by atoms with van der Waals surface area (Å²) in [5.41, 5.74) is 1.83. The number of anilines is 1. The van der Waals surface area contributed by atoms with Crippen LogP contribution in [0.5, 0.6) is 0 Å². The Morgan fingerprint density at radius 3 is 2.74 bits per heavy atom. The molecule has 2 rings (SSSR count). The van der Waals surface area contributed by atoms with Gasteiger partial charge in [0.1, 0.15) is 5.82 Å². The van der Waals surface area contributed by atoms with Gasteiger partial charge in [-0.1, -0.05) is 30.7 Å². The SMILES string of the molecule is CCC(Nc1cc(F)ccc1Br)c1cccc(Cl)c1. The van der Waals surface area contributed by atoms with Crippen LogP contribution in [0.1, 0.15) is 24.9 Å². The Balaban J connectivity index is 2.26. The number of benzene rings is 2. The average Bonchev–Trinajstić information content (AvgIpc) is 2.39. The molecule has 1 atom stereocenters. The Kier molecular flexibility index (Phi) is 4.83. The van der Waals surface area contributed by atoms with E-state index in [9.17, 15) is 4.39 Å². The van der Waals surface area contributed by atoms with E-state index in [1.54, 1.807) is 6.07 Å². The van der Waals surface area contributed by atoms with Gasteiger partial charge in [-0.05, 0) is 58.2 Å². The van der Waals surface area contributed by atoms with Crippen LogP contribution < -0.4 is 5.32 Å². The van der Waals surface area contributed by atoms with Gasteiger partial charge in [0.2, 0.25) is 0 Å². The fraction of sp³-hybridized carbons (Fsp3) is 0.200. The monoisotopic (exact) mass is 341 g/mol. The largest absolute Gasteiger partial charge is 0.377 e. The van der Waals surface area contributed by atoms with Gasteiger partial charge < -0.3 is 5.32 Å². The van der Waals surface area contributed by atoms with Crippen LogP contribution in [0, 0.1) is 5.82 Å². The van der Waals surface area contributed by atoms with E-state index < -0.39 is 0 Å². The minimum absolute atomic E-state index is 0.0943. The van der Waals surface area contributed by atoms with Gasteiger partial charge in [-0.25, -0.2) is 4.39 Å². The van der Waals surface area contributed by atoms with Crippen molar-refractivity contribution >= 4 is 33.2 Å². The number of nitrogens with one attached hydrogen (secondary N) is 1. The smallest absolute Gasteiger partial charge is 0.125 e. The maximum atomic E-state index is 13.3. The maximum absolute atomic E-state index is 13.3. The molecule has 0 aliphatic heterocycles. The second kappa shape index (κ2) is 6.40. The molecule has 0 aliphatic carbocycles. The summed E-state index contributed by atoms with van der Waals surface area (Å²) in [4.78, 5) is 0. The normalized spacial score (nSPS) is 12.2. The van der Waals surface area contributed by atoms with Crippen molar-refractivity contribution in [2.45, 2.75) is 19.4 Å². The second-order valence-electron chi connectivity index (χ2n) is 4.28. The summed E-state index contributed by atoms with van der Waals surface area (Å²) in [6.07, 6.45) is 0.878. The third-order valence-electron chi connectivity index (χ3n) is 2.92. The van der Waals surface area contributed by atoms with Gasteiger partial charge in [0.15, 0.2) is 0 Å². The molecule has 4 heteroatoms. The third kappa shape index (κ3) is 3.71. The predicted octanol–water partition coefficient (Wildman–Crippen LogP) is 5.80. The van der Waals surface area contributed by atoms with Crippen LogP contribution in [0.2, 0.25) is 5.02 Å². The van der Waals surface area contributed by atoms with Crippen molar-refractivity contribution in [3.8, 4) is 0 Å². The van der Waals surface area contributed by atoms with Crippen molar-refractivity contribution in [2.75, 3.05) is 5.32 Å². The van der Waals surface area contributed by atoms with Crippen LogP contribution in [0.15, 0.2) is 46.9 Å². The molecule has 0 aliphatic rings. The lowest BCUT2D eigenvalue weighted by Gasteiger charge is -2.20. The lowest BCUT2D eigenvalue weighted by Crippen LogP contribution is -2.10. The standard InChI is InChI=1S/C15H14BrClFN/c1-2-14(10-4-3-5-11(17)8-10)19-15-9-12(18)6-7-13(15)16/h3-9,14,19H,2H2,1H3. The van der Waals surface area contributed by atoms with Crippen molar-refractivity contribution in [3.63, 3.8) is 0 Å². The summed E-state index contributed by atoms with van der Waals surface area (Å²) in [5, 5.41) is 4.04. The Labute approximate surface area is 125 Å². The van der Waals surface area contributed by atoms with Crippen LogP contribution in [0.4, 0.5) is 10.1 Å². The predicted molar refractivity (Wildman–Crippen MR) is 82.2 cm³/mol. The Hall–Kier alpha value is -1.06. The molecule has 0 saturated heterocycles. The van der Waals surface area contributed by atoms with Gasteiger partial charge in [-0.15, -0.1) is 0 Å². The molecular weight excluding hydrogens is 329 g/mol. The van der Waals surface area contributed by atoms with E-state index in [-0.39, 0.29) is 11.9 Å². The molecule has 0 spiro atoms. The van der Waals surface area contributed by atoms with Crippen molar-refractivity contribution in [1.82, 2.24) is 0 Å². The number of rotatable bonds is 4. The average molecular weight is 343 g/mol. The van der Waals surface area contributed by atoms with Crippen LogP contribution in [0.3, 0.4) is 0 Å². The van der Waals surface area contributed by atoms with E-state index in [1.807, 2.05) is 24.3 Å². The van der Waals surface area contributed by atoms with Gasteiger partial charge in [-0.2, -0.15) is 0 Å². The fourth-order valence-electron chi connectivity index (χ4n) is 1.94. The van der Waals surface area contributed by atoms with Gasteiger partial charge >= 0.3 is 0 Å². The number of hydrogen-bond donors (Lipinski definition) is 1. The van der Waals surface area contributed by atoms with E-state index in [1.165, 1.54) is 12.1 Å². The molecule has 0 bridgehead atoms. The third-order valence-corrected chi connectivity index (χ3v) is 3.84. The lowest BCUT2D eigenvalue weighted by molar-refractivity contribution is 0.627. The zero-order valence-corrected chi connectivity index (χ0v) is 12.8. The summed E-state index contributed by atoms with van der Waals surface area (Å²) < 4.78 is 14.1. The highest BCUT2D eigenvalue weighted by Crippen LogP contribution is 2.29. The zero-order valence-electron chi connectivity index (χ0n) is 10.5. The lowest BCUT2D eigenvalue weighted by atomic mass is 10.0. The molecule has 1 nitrogen and oxygen atoms in total. The van der Waals surface area contributed by atoms with Crippen molar-refractivity contribution in [2.24, 2.45) is 0 Å². The van der Waals surface area contributed by atoms with Crippen LogP contribution >= 0.6 is 27.5 Å². The maximum Gasteiger partial charge on any atom is 0.125 e. The highest BCUT2D eigenvalue weighted by Gasteiger charge is 2.11. The zero-order chi connectivity index (χ0) is 13.8. The first-order valence-electron chi connectivity index (χ1n) is 6.07. The summed E-state index contributed by atoms with van der Waals surface area (Å²) >= 11 is 9.43. The molecule has 1 N–H and O–H groups in total. The minimum atomic E-state index is -0.258. The van der Waals surface area contributed by atoms with Crippen molar-refractivity contribution in [1.29, 1.82) is 0 Å². The molecule has 2 aromatic rings. The first kappa shape index (κ1) is 14.4. The molecule has 0 radical (unpaired) electrons. The van der Waals surface area contributed by atoms with Crippen molar-refractivity contribution in [3.05, 3.63) is 63.3 Å². The molecule has 0 heterocycles. The number of halogens is 3. The van der Waals surface area contributed by atoms with E-state index >= 15 is 0 Å². The quantitative estimate of drug-likeness (QED) is 0.740. The highest BCUT2D eigenvalue weighted by atomic mass is 79.9. The molecule has 19 heavy (non-hydrogen) atoms. The summed E-state index contributed by atoms with van der Waals surface area (Å²) in [6, 6.07) is 12.4.